The molecule has 1 unspecified atom stereocenters. The highest BCUT2D eigenvalue weighted by molar-refractivity contribution is 5.92. The number of aromatic nitrogens is 5. The van der Waals surface area contributed by atoms with E-state index >= 15 is 0 Å². The third kappa shape index (κ3) is 3.08. The number of piperidine rings is 1. The van der Waals surface area contributed by atoms with Crippen LogP contribution in [0.1, 0.15) is 54.3 Å². The summed E-state index contributed by atoms with van der Waals surface area (Å²) in [6, 6.07) is 1.37. The van der Waals surface area contributed by atoms with E-state index in [1.165, 1.54) is 6.07 Å². The Balaban J connectivity index is 1.58. The molecule has 0 bridgehead atoms. The molecule has 4 rings (SSSR count). The van der Waals surface area contributed by atoms with Crippen LogP contribution in [0.5, 0.6) is 0 Å². The Labute approximate surface area is 138 Å². The van der Waals surface area contributed by atoms with Crippen LogP contribution in [0.3, 0.4) is 0 Å². The van der Waals surface area contributed by atoms with Crippen LogP contribution in [0.15, 0.2) is 23.3 Å². The standard InChI is InChI=1S/C16H20N6O2/c23-14-9-13(18-15(19-14)11-4-5-11)16(24)22-7-2-1-3-12(22)10-21-8-6-17-20-21/h6,8-9,11-12H,1-5,7,10H2,(H,18,19,23). The third-order valence-corrected chi connectivity index (χ3v) is 4.70. The average Bonchev–Trinajstić information content (AvgIpc) is 3.32. The largest absolute Gasteiger partial charge is 0.332 e. The van der Waals surface area contributed by atoms with Crippen molar-refractivity contribution in [1.82, 2.24) is 29.9 Å². The van der Waals surface area contributed by atoms with E-state index in [2.05, 4.69) is 20.3 Å². The maximum Gasteiger partial charge on any atom is 0.273 e. The Kier molecular flexibility index (Phi) is 3.87. The summed E-state index contributed by atoms with van der Waals surface area (Å²) < 4.78 is 1.75. The molecule has 1 N–H and O–H groups in total. The second-order valence-corrected chi connectivity index (χ2v) is 6.56. The van der Waals surface area contributed by atoms with Gasteiger partial charge in [-0.3, -0.25) is 14.3 Å². The second-order valence-electron chi connectivity index (χ2n) is 6.56. The van der Waals surface area contributed by atoms with Gasteiger partial charge in [0.1, 0.15) is 11.5 Å². The van der Waals surface area contributed by atoms with Gasteiger partial charge in [-0.1, -0.05) is 5.21 Å². The number of amides is 1. The number of nitrogens with zero attached hydrogens (tertiary/aromatic N) is 5. The number of aromatic amines is 1. The zero-order chi connectivity index (χ0) is 16.5. The van der Waals surface area contributed by atoms with E-state index in [0.717, 1.165) is 32.1 Å². The van der Waals surface area contributed by atoms with Gasteiger partial charge in [-0.05, 0) is 32.1 Å². The average molecular weight is 328 g/mol. The summed E-state index contributed by atoms with van der Waals surface area (Å²) in [7, 11) is 0. The Morgan fingerprint density at radius 2 is 2.17 bits per heavy atom. The number of nitrogens with one attached hydrogen (secondary N) is 1. The summed E-state index contributed by atoms with van der Waals surface area (Å²) in [5, 5.41) is 7.81. The van der Waals surface area contributed by atoms with E-state index < -0.39 is 0 Å². The number of hydrogen-bond donors (Lipinski definition) is 1. The first kappa shape index (κ1) is 15.0. The van der Waals surface area contributed by atoms with E-state index in [0.29, 0.717) is 24.8 Å². The molecule has 1 saturated heterocycles. The van der Waals surface area contributed by atoms with Crippen molar-refractivity contribution in [2.24, 2.45) is 0 Å². The Bertz CT molecular complexity index is 780. The normalized spacial score (nSPS) is 21.0. The van der Waals surface area contributed by atoms with Crippen molar-refractivity contribution in [2.75, 3.05) is 6.54 Å². The van der Waals surface area contributed by atoms with Gasteiger partial charge in [0.05, 0.1) is 18.8 Å². The van der Waals surface area contributed by atoms with Crippen molar-refractivity contribution in [2.45, 2.75) is 50.6 Å². The highest BCUT2D eigenvalue weighted by Gasteiger charge is 2.31. The molecule has 1 saturated carbocycles. The molecule has 2 aromatic heterocycles. The van der Waals surface area contributed by atoms with Crippen molar-refractivity contribution < 1.29 is 4.79 Å². The molecule has 126 valence electrons. The molecular weight excluding hydrogens is 308 g/mol. The lowest BCUT2D eigenvalue weighted by Crippen LogP contribution is -2.46. The van der Waals surface area contributed by atoms with Gasteiger partial charge in [-0.25, -0.2) is 4.98 Å². The van der Waals surface area contributed by atoms with Crippen molar-refractivity contribution in [1.29, 1.82) is 0 Å². The highest BCUT2D eigenvalue weighted by Crippen LogP contribution is 2.37. The quantitative estimate of drug-likeness (QED) is 0.900. The Hall–Kier alpha value is -2.51. The molecule has 0 radical (unpaired) electrons. The van der Waals surface area contributed by atoms with E-state index in [-0.39, 0.29) is 23.2 Å². The van der Waals surface area contributed by atoms with Crippen LogP contribution < -0.4 is 5.56 Å². The van der Waals surface area contributed by atoms with Gasteiger partial charge in [0.25, 0.3) is 11.5 Å². The van der Waals surface area contributed by atoms with E-state index in [1.807, 2.05) is 4.90 Å². The molecule has 1 aliphatic carbocycles. The van der Waals surface area contributed by atoms with Gasteiger partial charge >= 0.3 is 0 Å². The summed E-state index contributed by atoms with van der Waals surface area (Å²) in [4.78, 5) is 33.8. The number of H-pyrrole nitrogens is 1. The van der Waals surface area contributed by atoms with Gasteiger partial charge in [-0.2, -0.15) is 0 Å². The molecule has 0 aromatic carbocycles. The van der Waals surface area contributed by atoms with E-state index in [4.69, 9.17) is 0 Å². The second kappa shape index (κ2) is 6.18. The first-order chi connectivity index (χ1) is 11.7. The fraction of sp³-hybridized carbons (Fsp3) is 0.562. The van der Waals surface area contributed by atoms with Crippen LogP contribution in [-0.2, 0) is 6.54 Å². The van der Waals surface area contributed by atoms with Crippen molar-refractivity contribution in [3.63, 3.8) is 0 Å². The van der Waals surface area contributed by atoms with Crippen LogP contribution in [-0.4, -0.2) is 48.4 Å². The summed E-state index contributed by atoms with van der Waals surface area (Å²) in [6.45, 7) is 1.30. The summed E-state index contributed by atoms with van der Waals surface area (Å²) in [6.07, 6.45) is 8.46. The molecule has 3 heterocycles. The predicted molar refractivity (Wildman–Crippen MR) is 85.5 cm³/mol. The first-order valence-electron chi connectivity index (χ1n) is 8.47. The number of carbonyl (C=O) groups excluding carboxylic acids is 1. The molecule has 1 amide bonds. The third-order valence-electron chi connectivity index (χ3n) is 4.70. The minimum absolute atomic E-state index is 0.0541. The maximum atomic E-state index is 13.0. The molecule has 1 aliphatic heterocycles. The molecule has 1 atom stereocenters. The molecule has 8 nitrogen and oxygen atoms in total. The number of carbonyl (C=O) groups is 1. The highest BCUT2D eigenvalue weighted by atomic mass is 16.2. The topological polar surface area (TPSA) is 96.8 Å². The zero-order valence-corrected chi connectivity index (χ0v) is 13.4. The molecule has 0 spiro atoms. The van der Waals surface area contributed by atoms with Crippen LogP contribution in [0.4, 0.5) is 0 Å². The summed E-state index contributed by atoms with van der Waals surface area (Å²) in [5.74, 6) is 0.793. The fourth-order valence-corrected chi connectivity index (χ4v) is 3.29. The molecule has 2 aliphatic rings. The van der Waals surface area contributed by atoms with E-state index in [9.17, 15) is 9.59 Å². The first-order valence-corrected chi connectivity index (χ1v) is 8.47. The molecule has 2 fully saturated rings. The van der Waals surface area contributed by atoms with Crippen LogP contribution >= 0.6 is 0 Å². The molecule has 8 heteroatoms. The van der Waals surface area contributed by atoms with Crippen LogP contribution in [0, 0.1) is 0 Å². The molecular formula is C16H20N6O2. The maximum absolute atomic E-state index is 13.0. The van der Waals surface area contributed by atoms with Gasteiger partial charge in [0.2, 0.25) is 0 Å². The molecule has 24 heavy (non-hydrogen) atoms. The lowest BCUT2D eigenvalue weighted by Gasteiger charge is -2.35. The summed E-state index contributed by atoms with van der Waals surface area (Å²) in [5.41, 5.74) is 0.00576. The van der Waals surface area contributed by atoms with Gasteiger partial charge in [-0.15, -0.1) is 5.10 Å². The smallest absolute Gasteiger partial charge is 0.273 e. The van der Waals surface area contributed by atoms with Gasteiger partial charge < -0.3 is 9.88 Å². The zero-order valence-electron chi connectivity index (χ0n) is 13.4. The van der Waals surface area contributed by atoms with Crippen molar-refractivity contribution >= 4 is 5.91 Å². The number of hydrogen-bond acceptors (Lipinski definition) is 5. The van der Waals surface area contributed by atoms with E-state index in [1.54, 1.807) is 17.1 Å². The Morgan fingerprint density at radius 1 is 1.29 bits per heavy atom. The van der Waals surface area contributed by atoms with Crippen LogP contribution in [0.25, 0.3) is 0 Å². The van der Waals surface area contributed by atoms with Gasteiger partial charge in [0, 0.05) is 24.7 Å². The Morgan fingerprint density at radius 3 is 2.92 bits per heavy atom. The minimum atomic E-state index is -0.250. The minimum Gasteiger partial charge on any atom is -0.332 e. The SMILES string of the molecule is O=C(c1cc(=O)[nH]c(C2CC2)n1)N1CCCCC1Cn1ccnn1. The van der Waals surface area contributed by atoms with Crippen LogP contribution in [0.2, 0.25) is 0 Å². The lowest BCUT2D eigenvalue weighted by atomic mass is 10.0. The summed E-state index contributed by atoms with van der Waals surface area (Å²) >= 11 is 0. The van der Waals surface area contributed by atoms with Crippen molar-refractivity contribution in [3.05, 3.63) is 40.3 Å². The fourth-order valence-electron chi connectivity index (χ4n) is 3.29. The predicted octanol–water partition coefficient (Wildman–Crippen LogP) is 0.934. The molecule has 2 aromatic rings. The number of likely N-dealkylation sites (tertiary alicyclic amines) is 1. The lowest BCUT2D eigenvalue weighted by molar-refractivity contribution is 0.0576. The monoisotopic (exact) mass is 328 g/mol. The van der Waals surface area contributed by atoms with Gasteiger partial charge in [0.15, 0.2) is 0 Å². The van der Waals surface area contributed by atoms with Crippen molar-refractivity contribution in [3.8, 4) is 0 Å². The number of rotatable bonds is 4.